The van der Waals surface area contributed by atoms with Gasteiger partial charge in [-0.2, -0.15) is 0 Å². The predicted octanol–water partition coefficient (Wildman–Crippen LogP) is 2.49. The van der Waals surface area contributed by atoms with Gasteiger partial charge in [0.1, 0.15) is 6.10 Å². The number of hydrogen-bond donors (Lipinski definition) is 2. The van der Waals surface area contributed by atoms with Gasteiger partial charge in [0.25, 0.3) is 0 Å². The normalized spacial score (nSPS) is 12.2. The second-order valence-electron chi connectivity index (χ2n) is 5.74. The number of aromatic carboxylic acids is 1. The van der Waals surface area contributed by atoms with Crippen LogP contribution in [0.2, 0.25) is 0 Å². The van der Waals surface area contributed by atoms with Crippen LogP contribution in [0.3, 0.4) is 0 Å². The second kappa shape index (κ2) is 9.20. The van der Waals surface area contributed by atoms with Crippen molar-refractivity contribution in [1.29, 1.82) is 0 Å². The average Bonchev–Trinajstić information content (AvgIpc) is 2.47. The molecule has 0 radical (unpaired) electrons. The number of carboxylic acid groups (broad SMARTS) is 1. The molecule has 1 aromatic carbocycles. The Morgan fingerprint density at radius 1 is 1.18 bits per heavy atom. The molecule has 0 bridgehead atoms. The second-order valence-corrected chi connectivity index (χ2v) is 5.74. The Labute approximate surface area is 131 Å². The van der Waals surface area contributed by atoms with E-state index in [9.17, 15) is 9.59 Å². The number of ether oxygens (including phenoxy) is 1. The molecule has 0 heterocycles. The number of rotatable bonds is 9. The largest absolute Gasteiger partial charge is 0.478 e. The first kappa shape index (κ1) is 18.2. The van der Waals surface area contributed by atoms with Crippen molar-refractivity contribution in [2.75, 3.05) is 13.2 Å². The highest BCUT2D eigenvalue weighted by Crippen LogP contribution is 2.05. The van der Waals surface area contributed by atoms with Crippen LogP contribution in [-0.2, 0) is 16.0 Å². The quantitative estimate of drug-likeness (QED) is 0.735. The molecule has 1 atom stereocenters. The van der Waals surface area contributed by atoms with Crippen LogP contribution in [-0.4, -0.2) is 36.2 Å². The molecule has 1 rings (SSSR count). The number of benzene rings is 1. The SMILES string of the molecule is CC(C)CCOC(C)C(=O)NCCc1ccc(C(=O)O)cc1. The Hall–Kier alpha value is -1.88. The molecule has 22 heavy (non-hydrogen) atoms. The molecule has 5 nitrogen and oxygen atoms in total. The molecule has 0 spiro atoms. The lowest BCUT2D eigenvalue weighted by atomic mass is 10.1. The summed E-state index contributed by atoms with van der Waals surface area (Å²) in [5.74, 6) is -0.498. The summed E-state index contributed by atoms with van der Waals surface area (Å²) in [6.07, 6.45) is 1.14. The highest BCUT2D eigenvalue weighted by Gasteiger charge is 2.12. The van der Waals surface area contributed by atoms with Crippen molar-refractivity contribution in [3.8, 4) is 0 Å². The van der Waals surface area contributed by atoms with Crippen LogP contribution in [0.25, 0.3) is 0 Å². The van der Waals surface area contributed by atoms with E-state index in [2.05, 4.69) is 19.2 Å². The van der Waals surface area contributed by atoms with Gasteiger partial charge in [-0.3, -0.25) is 4.79 Å². The number of carboxylic acids is 1. The third kappa shape index (κ3) is 6.72. The van der Waals surface area contributed by atoms with Gasteiger partial charge in [0.05, 0.1) is 5.56 Å². The minimum Gasteiger partial charge on any atom is -0.478 e. The van der Waals surface area contributed by atoms with Gasteiger partial charge in [0, 0.05) is 13.2 Å². The Morgan fingerprint density at radius 3 is 2.36 bits per heavy atom. The van der Waals surface area contributed by atoms with Crippen molar-refractivity contribution in [3.63, 3.8) is 0 Å². The van der Waals surface area contributed by atoms with E-state index in [4.69, 9.17) is 9.84 Å². The maximum atomic E-state index is 11.8. The molecule has 0 aliphatic carbocycles. The van der Waals surface area contributed by atoms with Crippen molar-refractivity contribution in [2.24, 2.45) is 5.92 Å². The third-order valence-corrected chi connectivity index (χ3v) is 3.35. The van der Waals surface area contributed by atoms with Crippen molar-refractivity contribution in [3.05, 3.63) is 35.4 Å². The first-order valence-electron chi connectivity index (χ1n) is 7.61. The summed E-state index contributed by atoms with van der Waals surface area (Å²) < 4.78 is 5.48. The van der Waals surface area contributed by atoms with Crippen molar-refractivity contribution < 1.29 is 19.4 Å². The Balaban J connectivity index is 2.27. The summed E-state index contributed by atoms with van der Waals surface area (Å²) in [6.45, 7) is 7.07. The standard InChI is InChI=1S/C17H25NO4/c1-12(2)9-11-22-13(3)16(19)18-10-8-14-4-6-15(7-5-14)17(20)21/h4-7,12-13H,8-11H2,1-3H3,(H,18,19)(H,20,21). The van der Waals surface area contributed by atoms with Crippen molar-refractivity contribution >= 4 is 11.9 Å². The lowest BCUT2D eigenvalue weighted by Crippen LogP contribution is -2.36. The summed E-state index contributed by atoms with van der Waals surface area (Å²) in [4.78, 5) is 22.6. The van der Waals surface area contributed by atoms with E-state index in [1.165, 1.54) is 0 Å². The minimum atomic E-state index is -0.938. The third-order valence-electron chi connectivity index (χ3n) is 3.35. The number of nitrogens with one attached hydrogen (secondary N) is 1. The van der Waals surface area contributed by atoms with Crippen LogP contribution in [0, 0.1) is 5.92 Å². The van der Waals surface area contributed by atoms with Gasteiger partial charge in [-0.25, -0.2) is 4.79 Å². The molecule has 1 unspecified atom stereocenters. The number of hydrogen-bond acceptors (Lipinski definition) is 3. The van der Waals surface area contributed by atoms with Crippen LogP contribution in [0.1, 0.15) is 43.1 Å². The lowest BCUT2D eigenvalue weighted by Gasteiger charge is -2.14. The molecule has 0 aliphatic rings. The van der Waals surface area contributed by atoms with Gasteiger partial charge in [-0.1, -0.05) is 26.0 Å². The van der Waals surface area contributed by atoms with Gasteiger partial charge < -0.3 is 15.2 Å². The van der Waals surface area contributed by atoms with Crippen molar-refractivity contribution in [2.45, 2.75) is 39.7 Å². The van der Waals surface area contributed by atoms with Crippen LogP contribution in [0.5, 0.6) is 0 Å². The summed E-state index contributed by atoms with van der Waals surface area (Å²) >= 11 is 0. The number of amides is 1. The Bertz CT molecular complexity index is 482. The topological polar surface area (TPSA) is 75.6 Å². The molecule has 2 N–H and O–H groups in total. The van der Waals surface area contributed by atoms with Gasteiger partial charge >= 0.3 is 5.97 Å². The van der Waals surface area contributed by atoms with Crippen LogP contribution < -0.4 is 5.32 Å². The van der Waals surface area contributed by atoms with Crippen molar-refractivity contribution in [1.82, 2.24) is 5.32 Å². The maximum absolute atomic E-state index is 11.8. The summed E-state index contributed by atoms with van der Waals surface area (Å²) in [7, 11) is 0. The molecular weight excluding hydrogens is 282 g/mol. The van der Waals surface area contributed by atoms with E-state index in [0.29, 0.717) is 25.5 Å². The zero-order chi connectivity index (χ0) is 16.5. The zero-order valence-corrected chi connectivity index (χ0v) is 13.5. The fourth-order valence-electron chi connectivity index (χ4n) is 1.84. The van der Waals surface area contributed by atoms with Crippen LogP contribution in [0.15, 0.2) is 24.3 Å². The van der Waals surface area contributed by atoms with E-state index in [1.54, 1.807) is 31.2 Å². The smallest absolute Gasteiger partial charge is 0.335 e. The highest BCUT2D eigenvalue weighted by molar-refractivity contribution is 5.87. The molecule has 122 valence electrons. The Kier molecular flexibility index (Phi) is 7.60. The zero-order valence-electron chi connectivity index (χ0n) is 13.5. The fourth-order valence-corrected chi connectivity index (χ4v) is 1.84. The maximum Gasteiger partial charge on any atom is 0.335 e. The summed E-state index contributed by atoms with van der Waals surface area (Å²) in [5, 5.41) is 11.6. The van der Waals surface area contributed by atoms with E-state index in [-0.39, 0.29) is 11.5 Å². The Morgan fingerprint density at radius 2 is 1.82 bits per heavy atom. The molecular formula is C17H25NO4. The van der Waals surface area contributed by atoms with Gasteiger partial charge in [-0.15, -0.1) is 0 Å². The van der Waals surface area contributed by atoms with E-state index >= 15 is 0 Å². The monoisotopic (exact) mass is 307 g/mol. The first-order valence-corrected chi connectivity index (χ1v) is 7.61. The number of carbonyl (C=O) groups excluding carboxylic acids is 1. The van der Waals surface area contributed by atoms with E-state index < -0.39 is 12.1 Å². The molecule has 0 saturated heterocycles. The molecule has 0 fully saturated rings. The molecule has 0 aromatic heterocycles. The van der Waals surface area contributed by atoms with E-state index in [0.717, 1.165) is 12.0 Å². The predicted molar refractivity (Wildman–Crippen MR) is 85.0 cm³/mol. The van der Waals surface area contributed by atoms with Gasteiger partial charge in [0.15, 0.2) is 0 Å². The minimum absolute atomic E-state index is 0.120. The molecule has 1 amide bonds. The molecule has 0 aliphatic heterocycles. The molecule has 1 aromatic rings. The first-order chi connectivity index (χ1) is 10.4. The van der Waals surface area contributed by atoms with Gasteiger partial charge in [-0.05, 0) is 43.4 Å². The van der Waals surface area contributed by atoms with Crippen LogP contribution >= 0.6 is 0 Å². The molecule has 5 heteroatoms. The van der Waals surface area contributed by atoms with Gasteiger partial charge in [0.2, 0.25) is 5.91 Å². The summed E-state index contributed by atoms with van der Waals surface area (Å²) in [6, 6.07) is 6.66. The average molecular weight is 307 g/mol. The lowest BCUT2D eigenvalue weighted by molar-refractivity contribution is -0.131. The molecule has 0 saturated carbocycles. The van der Waals surface area contributed by atoms with Crippen LogP contribution in [0.4, 0.5) is 0 Å². The number of carbonyl (C=O) groups is 2. The summed E-state index contributed by atoms with van der Waals surface area (Å²) in [5.41, 5.74) is 1.25. The fraction of sp³-hybridized carbons (Fsp3) is 0.529. The van der Waals surface area contributed by atoms with E-state index in [1.807, 2.05) is 0 Å². The highest BCUT2D eigenvalue weighted by atomic mass is 16.5.